The van der Waals surface area contributed by atoms with Gasteiger partial charge in [-0.1, -0.05) is 18.7 Å². The van der Waals surface area contributed by atoms with Gasteiger partial charge in [-0.15, -0.1) is 0 Å². The smallest absolute Gasteiger partial charge is 0.137 e. The molecular formula is C30H37N5. The fourth-order valence-electron chi connectivity index (χ4n) is 7.29. The molecule has 0 bridgehead atoms. The molecule has 5 nitrogen and oxygen atoms in total. The zero-order valence-corrected chi connectivity index (χ0v) is 20.8. The predicted molar refractivity (Wildman–Crippen MR) is 146 cm³/mol. The molecule has 1 N–H and O–H groups in total. The van der Waals surface area contributed by atoms with Gasteiger partial charge in [0.05, 0.1) is 17.1 Å². The van der Waals surface area contributed by atoms with E-state index in [1.54, 1.807) is 0 Å². The molecule has 5 heterocycles. The van der Waals surface area contributed by atoms with E-state index in [9.17, 15) is 0 Å². The average molecular weight is 468 g/mol. The number of H-pyrrole nitrogens is 1. The summed E-state index contributed by atoms with van der Waals surface area (Å²) in [5.74, 6) is 0. The van der Waals surface area contributed by atoms with Crippen LogP contribution in [0.15, 0.2) is 43.1 Å². The number of piperidine rings is 1. The van der Waals surface area contributed by atoms with Gasteiger partial charge in [0, 0.05) is 42.9 Å². The van der Waals surface area contributed by atoms with Crippen LogP contribution >= 0.6 is 0 Å². The maximum absolute atomic E-state index is 4.95. The third kappa shape index (κ3) is 3.67. The van der Waals surface area contributed by atoms with Crippen LogP contribution < -0.4 is 9.80 Å². The first-order valence-corrected chi connectivity index (χ1v) is 13.7. The predicted octanol–water partition coefficient (Wildman–Crippen LogP) is 6.14. The van der Waals surface area contributed by atoms with Gasteiger partial charge in [-0.2, -0.15) is 0 Å². The van der Waals surface area contributed by atoms with Crippen LogP contribution in [0.3, 0.4) is 0 Å². The highest BCUT2D eigenvalue weighted by Crippen LogP contribution is 2.52. The van der Waals surface area contributed by atoms with Crippen molar-refractivity contribution in [2.45, 2.75) is 57.4 Å². The van der Waals surface area contributed by atoms with Crippen molar-refractivity contribution in [2.75, 3.05) is 42.5 Å². The van der Waals surface area contributed by atoms with Gasteiger partial charge < -0.3 is 19.7 Å². The highest BCUT2D eigenvalue weighted by Gasteiger charge is 2.48. The molecule has 5 heteroatoms. The second-order valence-corrected chi connectivity index (χ2v) is 11.4. The number of nitrogens with one attached hydrogen (secondary N) is 1. The van der Waals surface area contributed by atoms with Crippen molar-refractivity contribution in [3.63, 3.8) is 0 Å². The lowest BCUT2D eigenvalue weighted by molar-refractivity contribution is -0.00644. The molecule has 1 saturated carbocycles. The Balaban J connectivity index is 1.12. The summed E-state index contributed by atoms with van der Waals surface area (Å²) >= 11 is 0. The van der Waals surface area contributed by atoms with E-state index >= 15 is 0 Å². The Morgan fingerprint density at radius 1 is 0.943 bits per heavy atom. The van der Waals surface area contributed by atoms with Crippen LogP contribution in [0.1, 0.15) is 56.2 Å². The topological polar surface area (TPSA) is 38.4 Å². The van der Waals surface area contributed by atoms with Crippen molar-refractivity contribution in [3.05, 3.63) is 54.4 Å². The van der Waals surface area contributed by atoms with Crippen LogP contribution in [0.25, 0.3) is 17.1 Å². The zero-order valence-electron chi connectivity index (χ0n) is 20.8. The Kier molecular flexibility index (Phi) is 5.16. The number of fused-ring (bicyclic) bond motifs is 2. The summed E-state index contributed by atoms with van der Waals surface area (Å²) in [5.41, 5.74) is 7.90. The van der Waals surface area contributed by atoms with Crippen molar-refractivity contribution in [3.8, 4) is 0 Å². The van der Waals surface area contributed by atoms with Crippen molar-refractivity contribution < 1.29 is 0 Å². The summed E-state index contributed by atoms with van der Waals surface area (Å²) in [7, 11) is 0. The van der Waals surface area contributed by atoms with Gasteiger partial charge in [-0.25, -0.2) is 4.98 Å². The molecule has 2 aromatic heterocycles. The number of hydrogen-bond acceptors (Lipinski definition) is 4. The second-order valence-electron chi connectivity index (χ2n) is 11.4. The van der Waals surface area contributed by atoms with Gasteiger partial charge in [0.15, 0.2) is 0 Å². The van der Waals surface area contributed by atoms with Crippen LogP contribution in [0.5, 0.6) is 0 Å². The molecule has 0 unspecified atom stereocenters. The lowest BCUT2D eigenvalue weighted by Gasteiger charge is -2.55. The van der Waals surface area contributed by atoms with Gasteiger partial charge in [0.25, 0.3) is 0 Å². The van der Waals surface area contributed by atoms with Gasteiger partial charge in [-0.3, -0.25) is 0 Å². The highest BCUT2D eigenvalue weighted by atomic mass is 15.2. The number of likely N-dealkylation sites (tertiary alicyclic amines) is 1. The quantitative estimate of drug-likeness (QED) is 0.501. The van der Waals surface area contributed by atoms with Gasteiger partial charge >= 0.3 is 0 Å². The number of aryl methyl sites for hydroxylation is 1. The van der Waals surface area contributed by atoms with Crippen molar-refractivity contribution in [1.29, 1.82) is 0 Å². The van der Waals surface area contributed by atoms with Crippen LogP contribution in [0.4, 0.5) is 17.1 Å². The molecule has 2 saturated heterocycles. The van der Waals surface area contributed by atoms with Gasteiger partial charge in [-0.05, 0) is 99.7 Å². The summed E-state index contributed by atoms with van der Waals surface area (Å²) in [6, 6.07) is 12.3. The first-order valence-electron chi connectivity index (χ1n) is 13.7. The molecule has 182 valence electrons. The highest BCUT2D eigenvalue weighted by molar-refractivity contribution is 5.85. The Labute approximate surface area is 208 Å². The minimum Gasteiger partial charge on any atom is -0.371 e. The second kappa shape index (κ2) is 8.41. The summed E-state index contributed by atoms with van der Waals surface area (Å²) < 4.78 is 0. The summed E-state index contributed by atoms with van der Waals surface area (Å²) in [6.45, 7) is 10.2. The molecule has 1 aliphatic carbocycles. The molecule has 0 radical (unpaired) electrons. The van der Waals surface area contributed by atoms with E-state index < -0.39 is 0 Å². The van der Waals surface area contributed by atoms with E-state index in [0.717, 1.165) is 31.1 Å². The molecule has 4 aliphatic rings. The van der Waals surface area contributed by atoms with E-state index in [1.165, 1.54) is 98.4 Å². The molecule has 35 heavy (non-hydrogen) atoms. The fourth-order valence-corrected chi connectivity index (χ4v) is 7.29. The third-order valence-electron chi connectivity index (χ3n) is 9.39. The zero-order chi connectivity index (χ0) is 23.4. The molecule has 1 aromatic carbocycles. The third-order valence-corrected chi connectivity index (χ3v) is 9.39. The van der Waals surface area contributed by atoms with Gasteiger partial charge in [0.2, 0.25) is 0 Å². The normalized spacial score (nSPS) is 22.5. The number of pyridine rings is 1. The monoisotopic (exact) mass is 467 g/mol. The first kappa shape index (κ1) is 21.5. The molecule has 3 aromatic rings. The molecule has 0 atom stereocenters. The van der Waals surface area contributed by atoms with Crippen molar-refractivity contribution in [1.82, 2.24) is 14.9 Å². The fraction of sp³-hybridized carbons (Fsp3) is 0.500. The lowest BCUT2D eigenvalue weighted by Crippen LogP contribution is -2.54. The maximum atomic E-state index is 4.95. The van der Waals surface area contributed by atoms with Crippen LogP contribution in [-0.2, 0) is 6.42 Å². The van der Waals surface area contributed by atoms with E-state index in [1.807, 2.05) is 12.3 Å². The number of aromatic amines is 1. The SMILES string of the molecule is C=Cc1ccc(N2CCC3(CC2)CC(N2CCCC2)C3)cc1N1CCCc2nc3[nH]ccc3cc21. The Hall–Kier alpha value is -2.79. The average Bonchev–Trinajstić information content (AvgIpc) is 3.57. The lowest BCUT2D eigenvalue weighted by atomic mass is 9.60. The molecule has 0 amide bonds. The van der Waals surface area contributed by atoms with Crippen LogP contribution in [0.2, 0.25) is 0 Å². The number of benzene rings is 1. The minimum absolute atomic E-state index is 0.618. The first-order chi connectivity index (χ1) is 17.2. The van der Waals surface area contributed by atoms with Gasteiger partial charge in [0.1, 0.15) is 5.65 Å². The van der Waals surface area contributed by atoms with E-state index in [-0.39, 0.29) is 0 Å². The number of anilines is 3. The molecular weight excluding hydrogens is 430 g/mol. The van der Waals surface area contributed by atoms with E-state index in [2.05, 4.69) is 56.6 Å². The van der Waals surface area contributed by atoms with Crippen molar-refractivity contribution in [2.24, 2.45) is 5.41 Å². The number of rotatable bonds is 4. The Bertz CT molecular complexity index is 1240. The maximum Gasteiger partial charge on any atom is 0.137 e. The van der Waals surface area contributed by atoms with E-state index in [0.29, 0.717) is 5.41 Å². The standard InChI is InChI=1S/C30H37N5/c1-2-22-7-8-24(34-16-10-30(11-17-34)20-25(21-30)33-13-3-4-14-33)19-27(22)35-15-5-6-26-28(35)18-23-9-12-31-29(23)32-26/h2,7-9,12,18-19,25H,1,3-6,10-11,13-17,20-21H2,(H,31,32). The number of hydrogen-bond donors (Lipinski definition) is 1. The van der Waals surface area contributed by atoms with Crippen LogP contribution in [0, 0.1) is 5.41 Å². The minimum atomic E-state index is 0.618. The summed E-state index contributed by atoms with van der Waals surface area (Å²) in [6.07, 6.45) is 14.5. The molecule has 3 aliphatic heterocycles. The van der Waals surface area contributed by atoms with Crippen molar-refractivity contribution >= 4 is 34.2 Å². The van der Waals surface area contributed by atoms with Crippen LogP contribution in [-0.4, -0.2) is 53.6 Å². The summed E-state index contributed by atoms with van der Waals surface area (Å²) in [4.78, 5) is 16.1. The number of aromatic nitrogens is 2. The molecule has 1 spiro atoms. The summed E-state index contributed by atoms with van der Waals surface area (Å²) in [5, 5.41) is 1.18. The number of nitrogens with zero attached hydrogens (tertiary/aromatic N) is 4. The Morgan fingerprint density at radius 3 is 2.57 bits per heavy atom. The molecule has 7 rings (SSSR count). The Morgan fingerprint density at radius 2 is 1.77 bits per heavy atom. The van der Waals surface area contributed by atoms with E-state index in [4.69, 9.17) is 4.98 Å². The largest absolute Gasteiger partial charge is 0.371 e. The molecule has 3 fully saturated rings.